The standard InChI is InChI=1S/C18H17NO.ClH/c1-12-6-8-14(9-7-12)17(19)16-11-10-13-4-2-3-5-15(13)18(16)20;/h2-11,17,20H,19H2,1H3;1H. The van der Waals surface area contributed by atoms with Crippen LogP contribution >= 0.6 is 12.4 Å². The van der Waals surface area contributed by atoms with Crippen molar-refractivity contribution in [1.82, 2.24) is 0 Å². The topological polar surface area (TPSA) is 46.2 Å². The summed E-state index contributed by atoms with van der Waals surface area (Å²) in [5.74, 6) is 0.274. The van der Waals surface area contributed by atoms with E-state index >= 15 is 0 Å². The van der Waals surface area contributed by atoms with Crippen LogP contribution in [0.3, 0.4) is 0 Å². The lowest BCUT2D eigenvalue weighted by Gasteiger charge is -2.16. The monoisotopic (exact) mass is 299 g/mol. The average Bonchev–Trinajstić information content (AvgIpc) is 2.48. The Hall–Kier alpha value is -2.03. The maximum atomic E-state index is 10.5. The number of aryl methyl sites for hydroxylation is 1. The molecule has 3 aromatic carbocycles. The summed E-state index contributed by atoms with van der Waals surface area (Å²) >= 11 is 0. The van der Waals surface area contributed by atoms with E-state index in [2.05, 4.69) is 0 Å². The molecule has 0 bridgehead atoms. The van der Waals surface area contributed by atoms with E-state index in [-0.39, 0.29) is 24.2 Å². The zero-order valence-corrected chi connectivity index (χ0v) is 12.6. The lowest BCUT2D eigenvalue weighted by atomic mass is 9.95. The van der Waals surface area contributed by atoms with Crippen LogP contribution in [0.2, 0.25) is 0 Å². The van der Waals surface area contributed by atoms with Gasteiger partial charge in [-0.1, -0.05) is 66.2 Å². The molecule has 0 aliphatic rings. The van der Waals surface area contributed by atoms with Crippen LogP contribution in [0.5, 0.6) is 5.75 Å². The molecule has 0 spiro atoms. The van der Waals surface area contributed by atoms with Crippen molar-refractivity contribution in [3.05, 3.63) is 77.4 Å². The van der Waals surface area contributed by atoms with E-state index in [9.17, 15) is 5.11 Å². The van der Waals surface area contributed by atoms with E-state index < -0.39 is 0 Å². The van der Waals surface area contributed by atoms with E-state index in [1.54, 1.807) is 0 Å². The van der Waals surface area contributed by atoms with Gasteiger partial charge in [-0.05, 0) is 17.9 Å². The van der Waals surface area contributed by atoms with Crippen LogP contribution in [0.4, 0.5) is 0 Å². The third-order valence-electron chi connectivity index (χ3n) is 3.70. The third-order valence-corrected chi connectivity index (χ3v) is 3.70. The summed E-state index contributed by atoms with van der Waals surface area (Å²) < 4.78 is 0. The van der Waals surface area contributed by atoms with Gasteiger partial charge >= 0.3 is 0 Å². The van der Waals surface area contributed by atoms with Gasteiger partial charge in [0.05, 0.1) is 6.04 Å². The Balaban J connectivity index is 0.00000161. The third kappa shape index (κ3) is 2.87. The van der Waals surface area contributed by atoms with Gasteiger partial charge in [0.2, 0.25) is 0 Å². The van der Waals surface area contributed by atoms with Gasteiger partial charge in [0.1, 0.15) is 5.75 Å². The van der Waals surface area contributed by atoms with Crippen LogP contribution < -0.4 is 5.73 Å². The van der Waals surface area contributed by atoms with E-state index in [0.29, 0.717) is 0 Å². The summed E-state index contributed by atoms with van der Waals surface area (Å²) in [7, 11) is 0. The lowest BCUT2D eigenvalue weighted by molar-refractivity contribution is 0.472. The van der Waals surface area contributed by atoms with Gasteiger partial charge < -0.3 is 10.8 Å². The summed E-state index contributed by atoms with van der Waals surface area (Å²) in [6.45, 7) is 2.04. The number of phenolic OH excluding ortho intramolecular Hbond substituents is 1. The molecular weight excluding hydrogens is 282 g/mol. The molecule has 0 aliphatic carbocycles. The number of rotatable bonds is 2. The Morgan fingerprint density at radius 1 is 0.905 bits per heavy atom. The van der Waals surface area contributed by atoms with E-state index in [1.807, 2.05) is 67.6 Å². The first-order chi connectivity index (χ1) is 9.66. The average molecular weight is 300 g/mol. The summed E-state index contributed by atoms with van der Waals surface area (Å²) in [4.78, 5) is 0. The van der Waals surface area contributed by atoms with E-state index in [0.717, 1.165) is 21.9 Å². The molecule has 1 unspecified atom stereocenters. The highest BCUT2D eigenvalue weighted by Crippen LogP contribution is 2.34. The highest BCUT2D eigenvalue weighted by molar-refractivity contribution is 5.89. The second kappa shape index (κ2) is 6.17. The fourth-order valence-corrected chi connectivity index (χ4v) is 2.48. The van der Waals surface area contributed by atoms with Gasteiger partial charge in [-0.3, -0.25) is 0 Å². The van der Waals surface area contributed by atoms with Gasteiger partial charge in [-0.25, -0.2) is 0 Å². The predicted molar refractivity (Wildman–Crippen MR) is 90.1 cm³/mol. The van der Waals surface area contributed by atoms with Gasteiger partial charge in [0, 0.05) is 10.9 Å². The number of nitrogens with two attached hydrogens (primary N) is 1. The van der Waals surface area contributed by atoms with Crippen molar-refractivity contribution in [1.29, 1.82) is 0 Å². The molecule has 0 aromatic heterocycles. The predicted octanol–water partition coefficient (Wildman–Crippen LogP) is 4.32. The number of phenols is 1. The molecule has 0 aliphatic heterocycles. The first-order valence-corrected chi connectivity index (χ1v) is 6.69. The molecule has 0 radical (unpaired) electrons. The van der Waals surface area contributed by atoms with E-state index in [4.69, 9.17) is 5.73 Å². The number of hydrogen-bond donors (Lipinski definition) is 2. The summed E-state index contributed by atoms with van der Waals surface area (Å²) in [6.07, 6.45) is 0. The van der Waals surface area contributed by atoms with Crippen molar-refractivity contribution < 1.29 is 5.11 Å². The number of benzene rings is 3. The van der Waals surface area contributed by atoms with Crippen LogP contribution in [-0.2, 0) is 0 Å². The molecular formula is C18H18ClNO. The molecule has 1 atom stereocenters. The van der Waals surface area contributed by atoms with Crippen molar-refractivity contribution in [3.63, 3.8) is 0 Å². The van der Waals surface area contributed by atoms with Crippen LogP contribution in [0, 0.1) is 6.92 Å². The molecule has 0 heterocycles. The smallest absolute Gasteiger partial charge is 0.128 e. The molecule has 2 nitrogen and oxygen atoms in total. The highest BCUT2D eigenvalue weighted by atomic mass is 35.5. The van der Waals surface area contributed by atoms with Crippen molar-refractivity contribution in [3.8, 4) is 5.75 Å². The zero-order chi connectivity index (χ0) is 14.1. The highest BCUT2D eigenvalue weighted by Gasteiger charge is 2.14. The SMILES string of the molecule is Cc1ccc(C(N)c2ccc3ccccc3c2O)cc1.Cl. The van der Waals surface area contributed by atoms with Crippen LogP contribution in [0.25, 0.3) is 10.8 Å². The molecule has 0 saturated carbocycles. The van der Waals surface area contributed by atoms with Crippen molar-refractivity contribution in [2.24, 2.45) is 5.73 Å². The largest absolute Gasteiger partial charge is 0.507 e. The molecule has 3 rings (SSSR count). The van der Waals surface area contributed by atoms with Gasteiger partial charge in [-0.2, -0.15) is 0 Å². The van der Waals surface area contributed by atoms with Gasteiger partial charge in [0.25, 0.3) is 0 Å². The van der Waals surface area contributed by atoms with Gasteiger partial charge in [-0.15, -0.1) is 12.4 Å². The maximum absolute atomic E-state index is 10.5. The van der Waals surface area contributed by atoms with Crippen LogP contribution in [-0.4, -0.2) is 5.11 Å². The van der Waals surface area contributed by atoms with E-state index in [1.165, 1.54) is 5.56 Å². The number of fused-ring (bicyclic) bond motifs is 1. The fourth-order valence-electron chi connectivity index (χ4n) is 2.48. The first-order valence-electron chi connectivity index (χ1n) is 6.69. The first kappa shape index (κ1) is 15.4. The second-order valence-electron chi connectivity index (χ2n) is 5.11. The van der Waals surface area contributed by atoms with Crippen LogP contribution in [0.15, 0.2) is 60.7 Å². The maximum Gasteiger partial charge on any atom is 0.128 e. The second-order valence-corrected chi connectivity index (χ2v) is 5.11. The molecule has 108 valence electrons. The quantitative estimate of drug-likeness (QED) is 0.740. The number of aromatic hydroxyl groups is 1. The summed E-state index contributed by atoms with van der Waals surface area (Å²) in [5.41, 5.74) is 9.25. The lowest BCUT2D eigenvalue weighted by Crippen LogP contribution is -2.12. The molecule has 3 aromatic rings. The Morgan fingerprint density at radius 2 is 1.57 bits per heavy atom. The van der Waals surface area contributed by atoms with Crippen molar-refractivity contribution in [2.75, 3.05) is 0 Å². The minimum Gasteiger partial charge on any atom is -0.507 e. The van der Waals surface area contributed by atoms with Crippen molar-refractivity contribution >= 4 is 23.2 Å². The Kier molecular flexibility index (Phi) is 4.51. The molecule has 3 N–H and O–H groups in total. The normalized spacial score (nSPS) is 11.9. The number of hydrogen-bond acceptors (Lipinski definition) is 2. The summed E-state index contributed by atoms with van der Waals surface area (Å²) in [6, 6.07) is 19.4. The Morgan fingerprint density at radius 3 is 2.29 bits per heavy atom. The Bertz CT molecular complexity index is 753. The van der Waals surface area contributed by atoms with Gasteiger partial charge in [0.15, 0.2) is 0 Å². The van der Waals surface area contributed by atoms with Crippen molar-refractivity contribution in [2.45, 2.75) is 13.0 Å². The zero-order valence-electron chi connectivity index (χ0n) is 11.8. The molecule has 3 heteroatoms. The minimum absolute atomic E-state index is 0. The summed E-state index contributed by atoms with van der Waals surface area (Å²) in [5, 5.41) is 12.3. The molecule has 21 heavy (non-hydrogen) atoms. The Labute approximate surface area is 130 Å². The molecule has 0 saturated heterocycles. The minimum atomic E-state index is -0.319. The van der Waals surface area contributed by atoms with Crippen LogP contribution in [0.1, 0.15) is 22.7 Å². The molecule has 0 fully saturated rings. The molecule has 0 amide bonds. The fraction of sp³-hybridized carbons (Fsp3) is 0.111. The number of halogens is 1.